The fourth-order valence-corrected chi connectivity index (χ4v) is 3.68. The first kappa shape index (κ1) is 20.7. The molecule has 2 aliphatic rings. The van der Waals surface area contributed by atoms with Crippen LogP contribution in [0.2, 0.25) is 5.15 Å². The molecule has 158 valence electrons. The highest BCUT2D eigenvalue weighted by Gasteiger charge is 2.37. The molecule has 0 radical (unpaired) electrons. The molecule has 2 unspecified atom stereocenters. The lowest BCUT2D eigenvalue weighted by Crippen LogP contribution is -2.50. The summed E-state index contributed by atoms with van der Waals surface area (Å²) in [7, 11) is 0. The van der Waals surface area contributed by atoms with Crippen LogP contribution < -0.4 is 4.74 Å². The number of halogens is 1. The Morgan fingerprint density at radius 2 is 1.90 bits per heavy atom. The van der Waals surface area contributed by atoms with Crippen LogP contribution in [0, 0.1) is 0 Å². The average Bonchev–Trinajstić information content (AvgIpc) is 2.99. The molecule has 0 saturated carbocycles. The van der Waals surface area contributed by atoms with E-state index in [1.54, 1.807) is 36.4 Å². The summed E-state index contributed by atoms with van der Waals surface area (Å²) < 4.78 is 11.2. The molecule has 3 heterocycles. The first-order valence-electron chi connectivity index (χ1n) is 9.60. The van der Waals surface area contributed by atoms with E-state index in [1.807, 2.05) is 4.90 Å². The number of aliphatic hydroxyl groups is 1. The van der Waals surface area contributed by atoms with Gasteiger partial charge in [0, 0.05) is 25.7 Å². The van der Waals surface area contributed by atoms with Crippen LogP contribution in [0.25, 0.3) is 0 Å². The molecule has 0 spiro atoms. The molecule has 9 nitrogen and oxygen atoms in total. The molecule has 4 rings (SSSR count). The van der Waals surface area contributed by atoms with Crippen molar-refractivity contribution in [2.75, 3.05) is 39.4 Å². The van der Waals surface area contributed by atoms with Gasteiger partial charge in [-0.25, -0.2) is 0 Å². The number of benzene rings is 1. The van der Waals surface area contributed by atoms with Gasteiger partial charge in [-0.15, -0.1) is 10.2 Å². The van der Waals surface area contributed by atoms with Gasteiger partial charge in [-0.1, -0.05) is 23.7 Å². The van der Waals surface area contributed by atoms with Crippen LogP contribution in [0.4, 0.5) is 0 Å². The predicted octanol–water partition coefficient (Wildman–Crippen LogP) is 0.867. The molecule has 2 aromatic rings. The predicted molar refractivity (Wildman–Crippen MR) is 107 cm³/mol. The van der Waals surface area contributed by atoms with Gasteiger partial charge in [0.05, 0.1) is 30.4 Å². The average molecular weight is 433 g/mol. The number of carbonyl (C=O) groups excluding carboxylic acids is 2. The number of ether oxygens (including phenoxy) is 2. The largest absolute Gasteiger partial charge is 0.474 e. The molecule has 10 heteroatoms. The lowest BCUT2D eigenvalue weighted by atomic mass is 10.1. The normalized spacial score (nSPS) is 20.3. The molecule has 0 aliphatic carbocycles. The summed E-state index contributed by atoms with van der Waals surface area (Å²) in [4.78, 5) is 28.3. The Morgan fingerprint density at radius 3 is 2.57 bits per heavy atom. The molecule has 1 N–H and O–H groups in total. The second-order valence-electron chi connectivity index (χ2n) is 7.18. The van der Waals surface area contributed by atoms with Crippen LogP contribution in [-0.2, 0) is 4.74 Å². The van der Waals surface area contributed by atoms with Gasteiger partial charge in [0.15, 0.2) is 5.15 Å². The summed E-state index contributed by atoms with van der Waals surface area (Å²) in [6.07, 6.45) is -1.07. The van der Waals surface area contributed by atoms with Gasteiger partial charge in [0.25, 0.3) is 11.8 Å². The summed E-state index contributed by atoms with van der Waals surface area (Å²) in [5.74, 6) is -0.313. The summed E-state index contributed by atoms with van der Waals surface area (Å²) in [6, 6.07) is 9.93. The van der Waals surface area contributed by atoms with E-state index in [9.17, 15) is 14.7 Å². The van der Waals surface area contributed by atoms with Crippen molar-refractivity contribution < 1.29 is 24.2 Å². The number of hydrogen-bond donors (Lipinski definition) is 1. The van der Waals surface area contributed by atoms with Crippen molar-refractivity contribution >= 4 is 23.4 Å². The number of aromatic nitrogens is 2. The number of rotatable bonds is 7. The minimum atomic E-state index is -0.750. The molecule has 0 bridgehead atoms. The van der Waals surface area contributed by atoms with Crippen molar-refractivity contribution in [2.45, 2.75) is 12.2 Å². The molecule has 2 atom stereocenters. The number of amides is 2. The van der Waals surface area contributed by atoms with Gasteiger partial charge in [-0.3, -0.25) is 19.4 Å². The molecule has 30 heavy (non-hydrogen) atoms. The minimum absolute atomic E-state index is 0.0523. The molecule has 1 fully saturated rings. The maximum atomic E-state index is 12.5. The highest BCUT2D eigenvalue weighted by Crippen LogP contribution is 2.23. The quantitative estimate of drug-likeness (QED) is 0.642. The molecular formula is C20H21ClN4O5. The van der Waals surface area contributed by atoms with Crippen molar-refractivity contribution in [1.82, 2.24) is 20.0 Å². The Bertz CT molecular complexity index is 891. The van der Waals surface area contributed by atoms with Gasteiger partial charge >= 0.3 is 0 Å². The Kier molecular flexibility index (Phi) is 6.24. The van der Waals surface area contributed by atoms with Crippen LogP contribution in [-0.4, -0.2) is 88.5 Å². The lowest BCUT2D eigenvalue weighted by Gasteiger charge is -2.35. The number of aliphatic hydroxyl groups excluding tert-OH is 1. The van der Waals surface area contributed by atoms with Crippen LogP contribution in [0.5, 0.6) is 5.88 Å². The van der Waals surface area contributed by atoms with E-state index in [4.69, 9.17) is 21.1 Å². The van der Waals surface area contributed by atoms with Crippen molar-refractivity contribution in [3.8, 4) is 5.88 Å². The van der Waals surface area contributed by atoms with Crippen molar-refractivity contribution in [1.29, 1.82) is 0 Å². The molecule has 2 aliphatic heterocycles. The maximum absolute atomic E-state index is 12.5. The first-order valence-corrected chi connectivity index (χ1v) is 9.98. The summed E-state index contributed by atoms with van der Waals surface area (Å²) in [6.45, 7) is 2.17. The second-order valence-corrected chi connectivity index (χ2v) is 7.57. The Labute approximate surface area is 178 Å². The zero-order valence-electron chi connectivity index (χ0n) is 16.1. The monoisotopic (exact) mass is 432 g/mol. The fraction of sp³-hybridized carbons (Fsp3) is 0.400. The van der Waals surface area contributed by atoms with Crippen LogP contribution in [0.3, 0.4) is 0 Å². The SMILES string of the molecule is O=C1c2ccccc2C(=O)N1CC1CN(CC(O)COc2ccc(Cl)nn2)CCO1. The third-order valence-corrected chi connectivity index (χ3v) is 5.19. The minimum Gasteiger partial charge on any atom is -0.474 e. The molecule has 1 aromatic carbocycles. The van der Waals surface area contributed by atoms with Crippen molar-refractivity contribution in [3.05, 3.63) is 52.7 Å². The number of fused-ring (bicyclic) bond motifs is 1. The highest BCUT2D eigenvalue weighted by molar-refractivity contribution is 6.29. The van der Waals surface area contributed by atoms with Crippen LogP contribution in [0.1, 0.15) is 20.7 Å². The number of carbonyl (C=O) groups is 2. The van der Waals surface area contributed by atoms with Gasteiger partial charge in [0.1, 0.15) is 12.7 Å². The van der Waals surface area contributed by atoms with E-state index in [1.165, 1.54) is 4.90 Å². The van der Waals surface area contributed by atoms with Crippen molar-refractivity contribution in [3.63, 3.8) is 0 Å². The summed E-state index contributed by atoms with van der Waals surface area (Å²) in [5.41, 5.74) is 0.848. The smallest absolute Gasteiger partial charge is 0.261 e. The van der Waals surface area contributed by atoms with E-state index in [2.05, 4.69) is 10.2 Å². The number of morpholine rings is 1. The third kappa shape index (κ3) is 4.59. The summed E-state index contributed by atoms with van der Waals surface area (Å²) in [5, 5.41) is 18.0. The highest BCUT2D eigenvalue weighted by atomic mass is 35.5. The zero-order valence-corrected chi connectivity index (χ0v) is 16.9. The fourth-order valence-electron chi connectivity index (χ4n) is 3.58. The zero-order chi connectivity index (χ0) is 21.1. The van der Waals surface area contributed by atoms with E-state index in [0.717, 1.165) is 0 Å². The molecule has 1 aromatic heterocycles. The topological polar surface area (TPSA) is 105 Å². The second kappa shape index (κ2) is 9.05. The summed E-state index contributed by atoms with van der Waals surface area (Å²) >= 11 is 5.68. The van der Waals surface area contributed by atoms with E-state index in [0.29, 0.717) is 37.4 Å². The van der Waals surface area contributed by atoms with Gasteiger partial charge in [-0.05, 0) is 18.2 Å². The molecular weight excluding hydrogens is 412 g/mol. The first-order chi connectivity index (χ1) is 14.5. The van der Waals surface area contributed by atoms with E-state index < -0.39 is 6.10 Å². The third-order valence-electron chi connectivity index (χ3n) is 4.99. The van der Waals surface area contributed by atoms with Crippen molar-refractivity contribution in [2.24, 2.45) is 0 Å². The standard InChI is InChI=1S/C20H21ClN4O5/c21-17-5-6-18(23-22-17)30-12-13(26)9-24-7-8-29-14(10-24)11-25-19(27)15-3-1-2-4-16(15)20(25)28/h1-6,13-14,26H,7-12H2. The van der Waals surface area contributed by atoms with E-state index in [-0.39, 0.29) is 42.1 Å². The number of β-amino-alcohol motifs (C(OH)–C–C–N with tert-alkyl or cyclic N) is 1. The maximum Gasteiger partial charge on any atom is 0.261 e. The van der Waals surface area contributed by atoms with Crippen LogP contribution >= 0.6 is 11.6 Å². The van der Waals surface area contributed by atoms with Crippen LogP contribution in [0.15, 0.2) is 36.4 Å². The van der Waals surface area contributed by atoms with E-state index >= 15 is 0 Å². The van der Waals surface area contributed by atoms with Gasteiger partial charge in [0.2, 0.25) is 5.88 Å². The van der Waals surface area contributed by atoms with Gasteiger partial charge in [-0.2, -0.15) is 0 Å². The Morgan fingerprint density at radius 1 is 1.17 bits per heavy atom. The molecule has 1 saturated heterocycles. The Hall–Kier alpha value is -2.59. The number of nitrogens with zero attached hydrogens (tertiary/aromatic N) is 4. The molecule has 2 amide bonds. The Balaban J connectivity index is 1.28. The number of hydrogen-bond acceptors (Lipinski definition) is 8. The number of imide groups is 1. The van der Waals surface area contributed by atoms with Gasteiger partial charge < -0.3 is 14.6 Å². The lowest BCUT2D eigenvalue weighted by molar-refractivity contribution is -0.0511.